The molecule has 42 heavy (non-hydrogen) atoms. The van der Waals surface area contributed by atoms with Crippen LogP contribution >= 0.6 is 23.2 Å². The third kappa shape index (κ3) is 7.29. The van der Waals surface area contributed by atoms with E-state index in [0.29, 0.717) is 46.7 Å². The van der Waals surface area contributed by atoms with E-state index in [1.54, 1.807) is 55.5 Å². The van der Waals surface area contributed by atoms with Crippen LogP contribution in [0.25, 0.3) is 0 Å². The smallest absolute Gasteiger partial charge is 0.264 e. The van der Waals surface area contributed by atoms with Crippen molar-refractivity contribution >= 4 is 50.7 Å². The summed E-state index contributed by atoms with van der Waals surface area (Å²) in [6.45, 7) is 5.43. The van der Waals surface area contributed by atoms with Gasteiger partial charge in [-0.3, -0.25) is 13.9 Å². The SMILES string of the molecule is CC[C@@H](C)NC(=O)[C@@H](C)N(Cc1ccc(Cl)cc1Cl)C(=O)CN(c1ccc2c(c1)OCCO2)S(=O)(=O)c1ccccc1. The Balaban J connectivity index is 1.74. The van der Waals surface area contributed by atoms with Crippen LogP contribution in [0, 0.1) is 0 Å². The van der Waals surface area contributed by atoms with Gasteiger partial charge in [0.2, 0.25) is 11.8 Å². The number of carbonyl (C=O) groups is 2. The molecule has 0 aromatic heterocycles. The molecule has 9 nitrogen and oxygen atoms in total. The van der Waals surface area contributed by atoms with Gasteiger partial charge in [-0.25, -0.2) is 8.42 Å². The van der Waals surface area contributed by atoms with Crippen molar-refractivity contribution in [3.63, 3.8) is 0 Å². The van der Waals surface area contributed by atoms with Crippen molar-refractivity contribution in [3.8, 4) is 11.5 Å². The molecule has 0 spiro atoms. The summed E-state index contributed by atoms with van der Waals surface area (Å²) < 4.78 is 40.2. The first kappa shape index (κ1) is 31.5. The average molecular weight is 635 g/mol. The lowest BCUT2D eigenvalue weighted by molar-refractivity contribution is -0.139. The van der Waals surface area contributed by atoms with E-state index in [9.17, 15) is 18.0 Å². The van der Waals surface area contributed by atoms with E-state index in [1.165, 1.54) is 23.1 Å². The van der Waals surface area contributed by atoms with E-state index in [-0.39, 0.29) is 29.1 Å². The van der Waals surface area contributed by atoms with Crippen molar-refractivity contribution in [2.45, 2.75) is 50.7 Å². The summed E-state index contributed by atoms with van der Waals surface area (Å²) in [6, 6.07) is 16.3. The molecule has 4 rings (SSSR count). The molecule has 0 unspecified atom stereocenters. The Morgan fingerprint density at radius 2 is 1.64 bits per heavy atom. The molecule has 224 valence electrons. The van der Waals surface area contributed by atoms with E-state index >= 15 is 0 Å². The molecule has 1 aliphatic rings. The molecule has 2 amide bonds. The maximum Gasteiger partial charge on any atom is 0.264 e. The number of amides is 2. The van der Waals surface area contributed by atoms with Gasteiger partial charge in [-0.2, -0.15) is 0 Å². The predicted octanol–water partition coefficient (Wildman–Crippen LogP) is 5.29. The summed E-state index contributed by atoms with van der Waals surface area (Å²) in [5.41, 5.74) is 0.757. The van der Waals surface area contributed by atoms with Crippen LogP contribution in [0.15, 0.2) is 71.6 Å². The van der Waals surface area contributed by atoms with E-state index in [4.69, 9.17) is 32.7 Å². The van der Waals surface area contributed by atoms with Gasteiger partial charge in [-0.15, -0.1) is 0 Å². The lowest BCUT2D eigenvalue weighted by Crippen LogP contribution is -2.52. The van der Waals surface area contributed by atoms with Crippen LogP contribution in [-0.4, -0.2) is 57.0 Å². The molecule has 12 heteroatoms. The Bertz CT molecular complexity index is 1540. The summed E-state index contributed by atoms with van der Waals surface area (Å²) in [4.78, 5) is 28.6. The molecule has 0 aliphatic carbocycles. The van der Waals surface area contributed by atoms with Gasteiger partial charge in [0.25, 0.3) is 10.0 Å². The molecule has 1 N–H and O–H groups in total. The maximum atomic E-state index is 14.1. The Morgan fingerprint density at radius 1 is 0.952 bits per heavy atom. The minimum Gasteiger partial charge on any atom is -0.486 e. The topological polar surface area (TPSA) is 105 Å². The monoisotopic (exact) mass is 633 g/mol. The van der Waals surface area contributed by atoms with Crippen LogP contribution in [0.5, 0.6) is 11.5 Å². The fourth-order valence-corrected chi connectivity index (χ4v) is 6.21. The molecule has 1 heterocycles. The number of benzene rings is 3. The largest absolute Gasteiger partial charge is 0.486 e. The molecule has 1 aliphatic heterocycles. The lowest BCUT2D eigenvalue weighted by Gasteiger charge is -2.33. The van der Waals surface area contributed by atoms with Gasteiger partial charge in [0, 0.05) is 28.7 Å². The van der Waals surface area contributed by atoms with Gasteiger partial charge in [0.05, 0.1) is 10.6 Å². The standard InChI is InChI=1S/C30H33Cl2N3O6S/c1-4-20(2)33-30(37)21(3)34(18-22-10-11-23(31)16-26(22)32)29(36)19-35(42(38,39)25-8-6-5-7-9-25)24-12-13-27-28(17-24)41-15-14-40-27/h5-13,16-17,20-21H,4,14-15,18-19H2,1-3H3,(H,33,37)/t20-,21-/m1/s1. The summed E-state index contributed by atoms with van der Waals surface area (Å²) in [6.07, 6.45) is 0.697. The number of hydrogen-bond acceptors (Lipinski definition) is 6. The highest BCUT2D eigenvalue weighted by molar-refractivity contribution is 7.92. The van der Waals surface area contributed by atoms with Crippen molar-refractivity contribution in [2.75, 3.05) is 24.1 Å². The molecular formula is C30H33Cl2N3O6S. The predicted molar refractivity (Wildman–Crippen MR) is 163 cm³/mol. The highest BCUT2D eigenvalue weighted by atomic mass is 35.5. The first-order valence-electron chi connectivity index (χ1n) is 13.5. The van der Waals surface area contributed by atoms with E-state index in [1.807, 2.05) is 13.8 Å². The molecular weight excluding hydrogens is 601 g/mol. The summed E-state index contributed by atoms with van der Waals surface area (Å²) in [5.74, 6) is -0.143. The molecule has 2 atom stereocenters. The van der Waals surface area contributed by atoms with Crippen molar-refractivity contribution in [2.24, 2.45) is 0 Å². The molecule has 0 bridgehead atoms. The second-order valence-electron chi connectivity index (χ2n) is 9.90. The normalized spacial score (nSPS) is 14.0. The number of anilines is 1. The molecule has 0 fully saturated rings. The number of hydrogen-bond donors (Lipinski definition) is 1. The zero-order valence-corrected chi connectivity index (χ0v) is 25.9. The van der Waals surface area contributed by atoms with Gasteiger partial charge >= 0.3 is 0 Å². The Morgan fingerprint density at radius 3 is 2.31 bits per heavy atom. The van der Waals surface area contributed by atoms with Crippen molar-refractivity contribution in [1.29, 1.82) is 0 Å². The van der Waals surface area contributed by atoms with Crippen LogP contribution < -0.4 is 19.1 Å². The Labute approximate surface area is 256 Å². The zero-order chi connectivity index (χ0) is 30.4. The number of nitrogens with one attached hydrogen (secondary N) is 1. The van der Waals surface area contributed by atoms with Crippen LogP contribution in [0.2, 0.25) is 10.0 Å². The summed E-state index contributed by atoms with van der Waals surface area (Å²) >= 11 is 12.5. The minimum absolute atomic E-state index is 0.00236. The lowest BCUT2D eigenvalue weighted by atomic mass is 10.1. The summed E-state index contributed by atoms with van der Waals surface area (Å²) in [7, 11) is -4.22. The quantitative estimate of drug-likeness (QED) is 0.308. The number of ether oxygens (including phenoxy) is 2. The number of fused-ring (bicyclic) bond motifs is 1. The minimum atomic E-state index is -4.22. The summed E-state index contributed by atoms with van der Waals surface area (Å²) in [5, 5.41) is 3.63. The van der Waals surface area contributed by atoms with Crippen LogP contribution in [0.3, 0.4) is 0 Å². The average Bonchev–Trinajstić information content (AvgIpc) is 2.99. The number of nitrogens with zero attached hydrogens (tertiary/aromatic N) is 2. The van der Waals surface area contributed by atoms with Crippen molar-refractivity contribution < 1.29 is 27.5 Å². The second-order valence-corrected chi connectivity index (χ2v) is 12.6. The fourth-order valence-electron chi connectivity index (χ4n) is 4.32. The van der Waals surface area contributed by atoms with Crippen LogP contribution in [0.1, 0.15) is 32.8 Å². The van der Waals surface area contributed by atoms with Crippen LogP contribution in [0.4, 0.5) is 5.69 Å². The van der Waals surface area contributed by atoms with E-state index in [2.05, 4.69) is 5.32 Å². The third-order valence-electron chi connectivity index (χ3n) is 6.95. The van der Waals surface area contributed by atoms with Gasteiger partial charge in [-0.05, 0) is 62.2 Å². The van der Waals surface area contributed by atoms with Gasteiger partial charge in [-0.1, -0.05) is 54.4 Å². The van der Waals surface area contributed by atoms with Crippen molar-refractivity contribution in [1.82, 2.24) is 10.2 Å². The number of sulfonamides is 1. The highest BCUT2D eigenvalue weighted by Gasteiger charge is 2.33. The maximum absolute atomic E-state index is 14.1. The van der Waals surface area contributed by atoms with E-state index < -0.39 is 28.5 Å². The Hall–Kier alpha value is -3.47. The van der Waals surface area contributed by atoms with Crippen molar-refractivity contribution in [3.05, 3.63) is 82.3 Å². The first-order chi connectivity index (χ1) is 20.0. The number of rotatable bonds is 11. The number of halogens is 2. The highest BCUT2D eigenvalue weighted by Crippen LogP contribution is 2.36. The third-order valence-corrected chi connectivity index (χ3v) is 9.32. The zero-order valence-electron chi connectivity index (χ0n) is 23.5. The molecule has 0 saturated heterocycles. The molecule has 3 aromatic carbocycles. The first-order valence-corrected chi connectivity index (χ1v) is 15.7. The molecule has 0 saturated carbocycles. The van der Waals surface area contributed by atoms with Gasteiger partial charge in [0.1, 0.15) is 25.8 Å². The Kier molecular flexibility index (Phi) is 10.2. The number of carbonyl (C=O) groups excluding carboxylic acids is 2. The molecule has 3 aromatic rings. The fraction of sp³-hybridized carbons (Fsp3) is 0.333. The van der Waals surface area contributed by atoms with E-state index in [0.717, 1.165) is 4.31 Å². The van der Waals surface area contributed by atoms with Gasteiger partial charge in [0.15, 0.2) is 11.5 Å². The van der Waals surface area contributed by atoms with Gasteiger partial charge < -0.3 is 19.7 Å². The molecule has 0 radical (unpaired) electrons. The second kappa shape index (κ2) is 13.7. The van der Waals surface area contributed by atoms with Crippen LogP contribution in [-0.2, 0) is 26.2 Å².